The molecule has 4 aromatic rings. The number of benzene rings is 3. The monoisotopic (exact) mass is 518 g/mol. The standard InChI is InChI=1S/C28H22O10/c1-3-8-35-16-11-18(31)24-22(12-16)38-28(26(33)25(24)32)15-5-7-19-21(10-15)37-27(23(13-29)36-19)14-4-6-17(30)20(9-14)34-2/h1,4-7,9-12,23,27,29-31,33H,8,13H2,2H3/t23-,27-/m1/s1. The molecule has 0 spiro atoms. The molecule has 0 saturated carbocycles. The first-order chi connectivity index (χ1) is 18.3. The molecule has 0 aliphatic carbocycles. The van der Waals surface area contributed by atoms with Crippen molar-refractivity contribution < 1.29 is 43.8 Å². The number of terminal acetylenes is 1. The highest BCUT2D eigenvalue weighted by atomic mass is 16.6. The Balaban J connectivity index is 1.57. The maximum atomic E-state index is 12.9. The summed E-state index contributed by atoms with van der Waals surface area (Å²) in [6, 6.07) is 11.8. The van der Waals surface area contributed by atoms with Gasteiger partial charge < -0.3 is 43.8 Å². The Morgan fingerprint density at radius 3 is 2.55 bits per heavy atom. The average Bonchev–Trinajstić information content (AvgIpc) is 2.92. The molecule has 0 radical (unpaired) electrons. The summed E-state index contributed by atoms with van der Waals surface area (Å²) in [5.74, 6) is 1.90. The fraction of sp³-hybridized carbons (Fsp3) is 0.179. The van der Waals surface area contributed by atoms with Gasteiger partial charge in [-0.3, -0.25) is 4.79 Å². The van der Waals surface area contributed by atoms with Crippen molar-refractivity contribution in [3.05, 3.63) is 64.3 Å². The first-order valence-corrected chi connectivity index (χ1v) is 11.4. The molecule has 0 fully saturated rings. The lowest BCUT2D eigenvalue weighted by molar-refractivity contribution is -0.0123. The van der Waals surface area contributed by atoms with E-state index in [2.05, 4.69) is 5.92 Å². The second-order valence-corrected chi connectivity index (χ2v) is 8.39. The highest BCUT2D eigenvalue weighted by Gasteiger charge is 2.34. The lowest BCUT2D eigenvalue weighted by Crippen LogP contribution is -2.36. The van der Waals surface area contributed by atoms with Crippen LogP contribution in [0.1, 0.15) is 11.7 Å². The number of methoxy groups -OCH3 is 1. The maximum Gasteiger partial charge on any atom is 0.238 e. The van der Waals surface area contributed by atoms with Crippen LogP contribution in [-0.4, -0.2) is 46.9 Å². The number of hydrogen-bond acceptors (Lipinski definition) is 10. The van der Waals surface area contributed by atoms with E-state index in [1.807, 2.05) is 0 Å². The normalized spacial score (nSPS) is 16.1. The highest BCUT2D eigenvalue weighted by Crippen LogP contribution is 2.44. The first kappa shape index (κ1) is 24.7. The van der Waals surface area contributed by atoms with Crippen molar-refractivity contribution in [2.45, 2.75) is 12.2 Å². The lowest BCUT2D eigenvalue weighted by atomic mass is 10.0. The fourth-order valence-corrected chi connectivity index (χ4v) is 4.23. The molecule has 0 bridgehead atoms. The molecule has 10 nitrogen and oxygen atoms in total. The van der Waals surface area contributed by atoms with E-state index in [1.165, 1.54) is 31.4 Å². The zero-order chi connectivity index (χ0) is 27.0. The number of fused-ring (bicyclic) bond motifs is 2. The Labute approximate surface area is 215 Å². The smallest absolute Gasteiger partial charge is 0.238 e. The van der Waals surface area contributed by atoms with Crippen molar-refractivity contribution in [3.8, 4) is 63.9 Å². The first-order valence-electron chi connectivity index (χ1n) is 11.4. The van der Waals surface area contributed by atoms with Gasteiger partial charge in [-0.05, 0) is 30.3 Å². The summed E-state index contributed by atoms with van der Waals surface area (Å²) >= 11 is 0. The molecular formula is C28H22O10. The van der Waals surface area contributed by atoms with Crippen LogP contribution >= 0.6 is 0 Å². The summed E-state index contributed by atoms with van der Waals surface area (Å²) in [4.78, 5) is 12.9. The zero-order valence-corrected chi connectivity index (χ0v) is 20.0. The van der Waals surface area contributed by atoms with Crippen LogP contribution in [0.4, 0.5) is 0 Å². The number of hydrogen-bond donors (Lipinski definition) is 4. The number of aliphatic hydroxyl groups excluding tert-OH is 1. The van der Waals surface area contributed by atoms with Crippen molar-refractivity contribution in [2.24, 2.45) is 0 Å². The van der Waals surface area contributed by atoms with Crippen LogP contribution in [0.3, 0.4) is 0 Å². The van der Waals surface area contributed by atoms with Gasteiger partial charge in [-0.1, -0.05) is 12.0 Å². The van der Waals surface area contributed by atoms with E-state index in [0.29, 0.717) is 11.3 Å². The highest BCUT2D eigenvalue weighted by molar-refractivity contribution is 5.88. The molecule has 0 saturated heterocycles. The molecule has 1 aliphatic heterocycles. The molecule has 10 heteroatoms. The molecule has 5 rings (SSSR count). The zero-order valence-electron chi connectivity index (χ0n) is 20.0. The number of phenolic OH excluding ortho intramolecular Hbond substituents is 2. The number of aliphatic hydroxyl groups is 1. The Bertz CT molecular complexity index is 1630. The van der Waals surface area contributed by atoms with Gasteiger partial charge in [0.25, 0.3) is 0 Å². The summed E-state index contributed by atoms with van der Waals surface area (Å²) in [7, 11) is 1.41. The molecular weight excluding hydrogens is 496 g/mol. The average molecular weight is 518 g/mol. The third-order valence-corrected chi connectivity index (χ3v) is 6.03. The van der Waals surface area contributed by atoms with Gasteiger partial charge in [-0.25, -0.2) is 0 Å². The van der Waals surface area contributed by atoms with Gasteiger partial charge in [0.05, 0.1) is 13.7 Å². The van der Waals surface area contributed by atoms with E-state index in [-0.39, 0.29) is 58.5 Å². The minimum absolute atomic E-state index is 0.0286. The largest absolute Gasteiger partial charge is 0.507 e. The summed E-state index contributed by atoms with van der Waals surface area (Å²) < 4.78 is 28.4. The molecule has 1 aromatic heterocycles. The molecule has 4 N–H and O–H groups in total. The van der Waals surface area contributed by atoms with E-state index in [1.54, 1.807) is 24.3 Å². The van der Waals surface area contributed by atoms with Crippen LogP contribution in [-0.2, 0) is 0 Å². The Kier molecular flexibility index (Phi) is 6.36. The lowest BCUT2D eigenvalue weighted by Gasteiger charge is -2.33. The quantitative estimate of drug-likeness (QED) is 0.280. The van der Waals surface area contributed by atoms with Crippen molar-refractivity contribution in [2.75, 3.05) is 20.3 Å². The predicted molar refractivity (Wildman–Crippen MR) is 135 cm³/mol. The summed E-state index contributed by atoms with van der Waals surface area (Å²) in [6.45, 7) is -0.422. The van der Waals surface area contributed by atoms with Crippen LogP contribution in [0.2, 0.25) is 0 Å². The van der Waals surface area contributed by atoms with E-state index in [9.17, 15) is 25.2 Å². The number of ether oxygens (including phenoxy) is 4. The van der Waals surface area contributed by atoms with Crippen LogP contribution in [0, 0.1) is 12.3 Å². The van der Waals surface area contributed by atoms with Gasteiger partial charge in [0.2, 0.25) is 11.2 Å². The molecule has 38 heavy (non-hydrogen) atoms. The van der Waals surface area contributed by atoms with Crippen LogP contribution < -0.4 is 24.4 Å². The Morgan fingerprint density at radius 2 is 1.82 bits per heavy atom. The number of aromatic hydroxyl groups is 3. The summed E-state index contributed by atoms with van der Waals surface area (Å²) in [5.41, 5.74) is -0.0155. The van der Waals surface area contributed by atoms with Crippen LogP contribution in [0.5, 0.6) is 40.2 Å². The van der Waals surface area contributed by atoms with E-state index in [0.717, 1.165) is 0 Å². The molecule has 1 aliphatic rings. The second kappa shape index (κ2) is 9.80. The second-order valence-electron chi connectivity index (χ2n) is 8.39. The van der Waals surface area contributed by atoms with E-state index in [4.69, 9.17) is 29.8 Å². The van der Waals surface area contributed by atoms with Crippen LogP contribution in [0.25, 0.3) is 22.3 Å². The van der Waals surface area contributed by atoms with Crippen molar-refractivity contribution >= 4 is 11.0 Å². The molecule has 194 valence electrons. The fourth-order valence-electron chi connectivity index (χ4n) is 4.23. The minimum atomic E-state index is -0.841. The van der Waals surface area contributed by atoms with Gasteiger partial charge in [-0.2, -0.15) is 0 Å². The number of rotatable bonds is 6. The SMILES string of the molecule is C#CCOc1cc(O)c2c(=O)c(O)c(-c3ccc4c(c3)O[C@H](c3ccc(O)c(OC)c3)[C@@H](CO)O4)oc2c1. The number of phenols is 2. The Morgan fingerprint density at radius 1 is 1.00 bits per heavy atom. The third kappa shape index (κ3) is 4.25. The third-order valence-electron chi connectivity index (χ3n) is 6.03. The predicted octanol–water partition coefficient (Wildman–Crippen LogP) is 3.47. The topological polar surface area (TPSA) is 148 Å². The van der Waals surface area contributed by atoms with Gasteiger partial charge in [0.1, 0.15) is 29.1 Å². The molecule has 2 atom stereocenters. The van der Waals surface area contributed by atoms with Crippen LogP contribution in [0.15, 0.2) is 57.7 Å². The van der Waals surface area contributed by atoms with E-state index >= 15 is 0 Å². The summed E-state index contributed by atoms with van der Waals surface area (Å²) in [5, 5.41) is 40.6. The van der Waals surface area contributed by atoms with Gasteiger partial charge in [0.15, 0.2) is 41.0 Å². The molecule has 3 aromatic carbocycles. The van der Waals surface area contributed by atoms with E-state index < -0.39 is 29.1 Å². The van der Waals surface area contributed by atoms with Crippen molar-refractivity contribution in [1.29, 1.82) is 0 Å². The molecule has 0 amide bonds. The van der Waals surface area contributed by atoms with Gasteiger partial charge >= 0.3 is 0 Å². The maximum absolute atomic E-state index is 12.9. The van der Waals surface area contributed by atoms with Gasteiger partial charge in [-0.15, -0.1) is 6.42 Å². The molecule has 0 unspecified atom stereocenters. The molecule has 2 heterocycles. The summed E-state index contributed by atoms with van der Waals surface area (Å²) in [6.07, 6.45) is 3.67. The minimum Gasteiger partial charge on any atom is -0.507 e. The van der Waals surface area contributed by atoms with Crippen molar-refractivity contribution in [3.63, 3.8) is 0 Å². The Hall–Kier alpha value is -5.01. The van der Waals surface area contributed by atoms with Gasteiger partial charge in [0, 0.05) is 23.3 Å². The van der Waals surface area contributed by atoms with Crippen molar-refractivity contribution in [1.82, 2.24) is 0 Å².